The van der Waals surface area contributed by atoms with Crippen LogP contribution in [-0.4, -0.2) is 34.4 Å². The second kappa shape index (κ2) is 6.79. The quantitative estimate of drug-likeness (QED) is 0.858. The number of aliphatic hydroxyl groups excluding tert-OH is 1. The second-order valence-corrected chi connectivity index (χ2v) is 5.82. The molecule has 3 rings (SSSR count). The Bertz CT molecular complexity index is 588. The van der Waals surface area contributed by atoms with Crippen LogP contribution in [0.25, 0.3) is 0 Å². The first kappa shape index (κ1) is 15.5. The van der Waals surface area contributed by atoms with Crippen molar-refractivity contribution in [1.82, 2.24) is 9.97 Å². The summed E-state index contributed by atoms with van der Waals surface area (Å²) in [6.07, 6.45) is 5.63. The molecule has 22 heavy (non-hydrogen) atoms. The van der Waals surface area contributed by atoms with E-state index >= 15 is 0 Å². The lowest BCUT2D eigenvalue weighted by Crippen LogP contribution is -2.29. The van der Waals surface area contributed by atoms with E-state index in [1.54, 1.807) is 6.20 Å². The topological polar surface area (TPSA) is 67.4 Å². The summed E-state index contributed by atoms with van der Waals surface area (Å²) in [5.41, 5.74) is 0.923. The molecular weight excluding hydrogens is 304 g/mol. The number of nitrogens with zero attached hydrogens (tertiary/aromatic N) is 1. The van der Waals surface area contributed by atoms with Crippen LogP contribution in [0.4, 0.5) is 0 Å². The third-order valence-electron chi connectivity index (χ3n) is 3.82. The van der Waals surface area contributed by atoms with Crippen molar-refractivity contribution in [2.75, 3.05) is 13.2 Å². The van der Waals surface area contributed by atoms with Crippen molar-refractivity contribution in [2.24, 2.45) is 0 Å². The van der Waals surface area contributed by atoms with Crippen molar-refractivity contribution in [1.29, 1.82) is 0 Å². The lowest BCUT2D eigenvalue weighted by Gasteiger charge is -2.28. The van der Waals surface area contributed by atoms with Crippen LogP contribution in [0.3, 0.4) is 0 Å². The van der Waals surface area contributed by atoms with E-state index in [1.807, 2.05) is 30.5 Å². The number of halogens is 1. The zero-order chi connectivity index (χ0) is 15.4. The Kier molecular flexibility index (Phi) is 4.78. The van der Waals surface area contributed by atoms with Gasteiger partial charge in [-0.15, -0.1) is 0 Å². The molecule has 0 saturated carbocycles. The van der Waals surface area contributed by atoms with E-state index in [1.165, 1.54) is 0 Å². The largest absolute Gasteiger partial charge is 0.394 e. The van der Waals surface area contributed by atoms with Crippen molar-refractivity contribution < 1.29 is 14.6 Å². The molecule has 0 aliphatic carbocycles. The van der Waals surface area contributed by atoms with Crippen molar-refractivity contribution in [2.45, 2.75) is 31.2 Å². The summed E-state index contributed by atoms with van der Waals surface area (Å²) < 4.78 is 11.9. The van der Waals surface area contributed by atoms with Gasteiger partial charge >= 0.3 is 0 Å². The monoisotopic (exact) mass is 322 g/mol. The highest BCUT2D eigenvalue weighted by Gasteiger charge is 2.42. The summed E-state index contributed by atoms with van der Waals surface area (Å²) in [5, 5.41) is 10.00. The molecule has 2 N–H and O–H groups in total. The Hall–Kier alpha value is -1.40. The fourth-order valence-electron chi connectivity index (χ4n) is 2.71. The zero-order valence-electron chi connectivity index (χ0n) is 12.2. The highest BCUT2D eigenvalue weighted by Crippen LogP contribution is 2.39. The molecule has 0 spiro atoms. The van der Waals surface area contributed by atoms with Gasteiger partial charge in [-0.1, -0.05) is 23.7 Å². The molecule has 2 aromatic rings. The maximum absolute atomic E-state index is 9.32. The molecule has 0 bridgehead atoms. The fourth-order valence-corrected chi connectivity index (χ4v) is 2.83. The number of H-pyrrole nitrogens is 1. The van der Waals surface area contributed by atoms with Gasteiger partial charge in [-0.05, 0) is 18.6 Å². The first-order valence-electron chi connectivity index (χ1n) is 7.39. The van der Waals surface area contributed by atoms with Crippen LogP contribution in [0.15, 0.2) is 36.7 Å². The maximum atomic E-state index is 9.32. The molecule has 118 valence electrons. The van der Waals surface area contributed by atoms with Gasteiger partial charge in [-0.3, -0.25) is 0 Å². The lowest BCUT2D eigenvalue weighted by molar-refractivity contribution is -0.185. The van der Waals surface area contributed by atoms with E-state index in [-0.39, 0.29) is 12.7 Å². The Morgan fingerprint density at radius 3 is 2.82 bits per heavy atom. The molecular formula is C16H19ClN2O3. The number of aromatic nitrogens is 2. The maximum Gasteiger partial charge on any atom is 0.195 e. The SMILES string of the molecule is OCC1COC(CCCc2ncc[nH]2)(c2ccc(Cl)cc2)O1. The Morgan fingerprint density at radius 1 is 1.36 bits per heavy atom. The average Bonchev–Trinajstić information content (AvgIpc) is 3.18. The van der Waals surface area contributed by atoms with Gasteiger partial charge in [0, 0.05) is 35.8 Å². The van der Waals surface area contributed by atoms with Crippen molar-refractivity contribution >= 4 is 11.6 Å². The Balaban J connectivity index is 1.73. The van der Waals surface area contributed by atoms with E-state index in [2.05, 4.69) is 9.97 Å². The molecule has 5 nitrogen and oxygen atoms in total. The van der Waals surface area contributed by atoms with Gasteiger partial charge in [0.2, 0.25) is 0 Å². The number of rotatable bonds is 6. The van der Waals surface area contributed by atoms with Crippen molar-refractivity contribution in [3.05, 3.63) is 53.1 Å². The molecule has 6 heteroatoms. The van der Waals surface area contributed by atoms with Crippen molar-refractivity contribution in [3.8, 4) is 0 Å². The van der Waals surface area contributed by atoms with E-state index in [0.29, 0.717) is 18.1 Å². The first-order chi connectivity index (χ1) is 10.7. The molecule has 1 aliphatic heterocycles. The summed E-state index contributed by atoms with van der Waals surface area (Å²) in [6, 6.07) is 7.47. The normalized spacial score (nSPS) is 24.7. The standard InChI is InChI=1S/C16H19ClN2O3/c17-13-5-3-12(4-6-13)16(21-11-14(10-20)22-16)7-1-2-15-18-8-9-19-15/h3-6,8-9,14,20H,1-2,7,10-11H2,(H,18,19). The van der Waals surface area contributed by atoms with Gasteiger partial charge in [0.15, 0.2) is 5.79 Å². The molecule has 1 aliphatic rings. The molecule has 1 saturated heterocycles. The van der Waals surface area contributed by atoms with Gasteiger partial charge in [-0.25, -0.2) is 4.98 Å². The molecule has 0 radical (unpaired) electrons. The van der Waals surface area contributed by atoms with Crippen LogP contribution in [0.1, 0.15) is 24.2 Å². The molecule has 1 aromatic heterocycles. The third kappa shape index (κ3) is 3.33. The molecule has 1 fully saturated rings. The third-order valence-corrected chi connectivity index (χ3v) is 4.07. The predicted octanol–water partition coefficient (Wildman–Crippen LogP) is 2.65. The van der Waals surface area contributed by atoms with Crippen LogP contribution >= 0.6 is 11.6 Å². The van der Waals surface area contributed by atoms with Gasteiger partial charge < -0.3 is 19.6 Å². The lowest BCUT2D eigenvalue weighted by atomic mass is 9.99. The van der Waals surface area contributed by atoms with E-state index < -0.39 is 5.79 Å². The van der Waals surface area contributed by atoms with Crippen LogP contribution < -0.4 is 0 Å². The molecule has 1 aromatic carbocycles. The van der Waals surface area contributed by atoms with Crippen LogP contribution in [0.5, 0.6) is 0 Å². The van der Waals surface area contributed by atoms with Gasteiger partial charge in [-0.2, -0.15) is 0 Å². The predicted molar refractivity (Wildman–Crippen MR) is 82.6 cm³/mol. The Labute approximate surface area is 134 Å². The Morgan fingerprint density at radius 2 is 2.18 bits per heavy atom. The highest BCUT2D eigenvalue weighted by molar-refractivity contribution is 6.30. The molecule has 2 unspecified atom stereocenters. The highest BCUT2D eigenvalue weighted by atomic mass is 35.5. The summed E-state index contributed by atoms with van der Waals surface area (Å²) in [4.78, 5) is 7.32. The van der Waals surface area contributed by atoms with Crippen LogP contribution in [-0.2, 0) is 21.7 Å². The number of ether oxygens (including phenoxy) is 2. The van der Waals surface area contributed by atoms with Crippen LogP contribution in [0, 0.1) is 0 Å². The molecule has 2 atom stereocenters. The number of hydrogen-bond donors (Lipinski definition) is 2. The molecule has 0 amide bonds. The number of nitrogens with one attached hydrogen (secondary N) is 1. The minimum absolute atomic E-state index is 0.0481. The number of aliphatic hydroxyl groups is 1. The first-order valence-corrected chi connectivity index (χ1v) is 7.76. The summed E-state index contributed by atoms with van der Waals surface area (Å²) >= 11 is 5.96. The smallest absolute Gasteiger partial charge is 0.195 e. The van der Waals surface area contributed by atoms with Gasteiger partial charge in [0.1, 0.15) is 11.9 Å². The zero-order valence-corrected chi connectivity index (χ0v) is 12.9. The summed E-state index contributed by atoms with van der Waals surface area (Å²) in [5.74, 6) is 0.132. The number of benzene rings is 1. The summed E-state index contributed by atoms with van der Waals surface area (Å²) in [7, 11) is 0. The van der Waals surface area contributed by atoms with Gasteiger partial charge in [0.05, 0.1) is 13.2 Å². The average molecular weight is 323 g/mol. The number of aromatic amines is 1. The second-order valence-electron chi connectivity index (χ2n) is 5.38. The minimum atomic E-state index is -0.815. The van der Waals surface area contributed by atoms with Crippen molar-refractivity contribution in [3.63, 3.8) is 0 Å². The fraction of sp³-hybridized carbons (Fsp3) is 0.438. The van der Waals surface area contributed by atoms with E-state index in [4.69, 9.17) is 21.1 Å². The summed E-state index contributed by atoms with van der Waals surface area (Å²) in [6.45, 7) is 0.341. The number of imidazole rings is 1. The number of aryl methyl sites for hydroxylation is 1. The molecule has 2 heterocycles. The number of hydrogen-bond acceptors (Lipinski definition) is 4. The minimum Gasteiger partial charge on any atom is -0.394 e. The van der Waals surface area contributed by atoms with Gasteiger partial charge in [0.25, 0.3) is 0 Å². The van der Waals surface area contributed by atoms with E-state index in [9.17, 15) is 5.11 Å². The van der Waals surface area contributed by atoms with Crippen LogP contribution in [0.2, 0.25) is 5.02 Å². The van der Waals surface area contributed by atoms with E-state index in [0.717, 1.165) is 24.2 Å².